The van der Waals surface area contributed by atoms with Gasteiger partial charge in [0.15, 0.2) is 6.61 Å². The Labute approximate surface area is 109 Å². The molecule has 0 aromatic heterocycles. The molecular formula is C11H15N3O5. The van der Waals surface area contributed by atoms with E-state index in [9.17, 15) is 19.2 Å². The van der Waals surface area contributed by atoms with Gasteiger partial charge >= 0.3 is 6.09 Å². The molecule has 0 aromatic rings. The predicted octanol–water partition coefficient (Wildman–Crippen LogP) is -1.30. The van der Waals surface area contributed by atoms with Crippen LogP contribution in [0.1, 0.15) is 13.3 Å². The zero-order valence-electron chi connectivity index (χ0n) is 10.5. The van der Waals surface area contributed by atoms with Gasteiger partial charge in [-0.15, -0.1) is 0 Å². The highest BCUT2D eigenvalue weighted by Crippen LogP contribution is 2.19. The van der Waals surface area contributed by atoms with Crippen LogP contribution in [0.25, 0.3) is 0 Å². The molecule has 1 unspecified atom stereocenters. The lowest BCUT2D eigenvalue weighted by Crippen LogP contribution is -2.43. The predicted molar refractivity (Wildman–Crippen MR) is 61.9 cm³/mol. The molecule has 104 valence electrons. The minimum Gasteiger partial charge on any atom is -0.439 e. The monoisotopic (exact) mass is 269 g/mol. The first-order valence-electron chi connectivity index (χ1n) is 6.00. The van der Waals surface area contributed by atoms with Crippen LogP contribution in [0.15, 0.2) is 0 Å². The van der Waals surface area contributed by atoms with Gasteiger partial charge in [-0.1, -0.05) is 0 Å². The van der Waals surface area contributed by atoms with E-state index >= 15 is 0 Å². The summed E-state index contributed by atoms with van der Waals surface area (Å²) in [6, 6.07) is -0.330. The van der Waals surface area contributed by atoms with Crippen molar-refractivity contribution in [3.63, 3.8) is 0 Å². The van der Waals surface area contributed by atoms with E-state index in [0.29, 0.717) is 19.5 Å². The van der Waals surface area contributed by atoms with Gasteiger partial charge in [-0.3, -0.25) is 14.4 Å². The van der Waals surface area contributed by atoms with Crippen LogP contribution in [0.5, 0.6) is 0 Å². The molecule has 0 aromatic carbocycles. The molecule has 4 amide bonds. The second-order valence-electron chi connectivity index (χ2n) is 4.51. The first-order chi connectivity index (χ1) is 8.99. The fraction of sp³-hybridized carbons (Fsp3) is 0.636. The maximum absolute atomic E-state index is 11.8. The number of carbonyl (C=O) groups excluding carboxylic acids is 4. The highest BCUT2D eigenvalue weighted by atomic mass is 16.6. The van der Waals surface area contributed by atoms with E-state index in [0.717, 1.165) is 4.90 Å². The van der Waals surface area contributed by atoms with Gasteiger partial charge in [0.1, 0.15) is 0 Å². The Morgan fingerprint density at radius 1 is 1.42 bits per heavy atom. The lowest BCUT2D eigenvalue weighted by Gasteiger charge is -2.20. The Bertz CT molecular complexity index is 420. The normalized spacial score (nSPS) is 22.7. The van der Waals surface area contributed by atoms with Gasteiger partial charge in [0.25, 0.3) is 5.91 Å². The van der Waals surface area contributed by atoms with Crippen molar-refractivity contribution in [1.82, 2.24) is 15.1 Å². The van der Waals surface area contributed by atoms with E-state index in [1.807, 2.05) is 0 Å². The quantitative estimate of drug-likeness (QED) is 0.687. The van der Waals surface area contributed by atoms with Crippen LogP contribution in [-0.4, -0.2) is 65.9 Å². The summed E-state index contributed by atoms with van der Waals surface area (Å²) in [4.78, 5) is 48.0. The average Bonchev–Trinajstić information content (AvgIpc) is 2.93. The minimum atomic E-state index is -0.647. The molecule has 8 nitrogen and oxygen atoms in total. The van der Waals surface area contributed by atoms with Crippen molar-refractivity contribution >= 4 is 23.8 Å². The molecule has 2 rings (SSSR count). The smallest absolute Gasteiger partial charge is 0.417 e. The average molecular weight is 269 g/mol. The number of amides is 4. The molecule has 0 aliphatic carbocycles. The van der Waals surface area contributed by atoms with Gasteiger partial charge in [-0.05, 0) is 6.42 Å². The molecule has 0 saturated carbocycles. The Balaban J connectivity index is 1.89. The second kappa shape index (κ2) is 5.25. The summed E-state index contributed by atoms with van der Waals surface area (Å²) in [5.74, 6) is -0.869. The molecule has 2 aliphatic heterocycles. The molecule has 2 saturated heterocycles. The van der Waals surface area contributed by atoms with Crippen molar-refractivity contribution in [2.24, 2.45) is 0 Å². The molecule has 1 N–H and O–H groups in total. The fourth-order valence-electron chi connectivity index (χ4n) is 2.21. The number of ether oxygens (including phenoxy) is 1. The van der Waals surface area contributed by atoms with Crippen LogP contribution in [0, 0.1) is 0 Å². The second-order valence-corrected chi connectivity index (χ2v) is 4.51. The van der Waals surface area contributed by atoms with E-state index in [2.05, 4.69) is 10.1 Å². The Morgan fingerprint density at radius 2 is 2.16 bits per heavy atom. The largest absolute Gasteiger partial charge is 0.439 e. The van der Waals surface area contributed by atoms with Crippen molar-refractivity contribution < 1.29 is 23.9 Å². The third kappa shape index (κ3) is 2.83. The van der Waals surface area contributed by atoms with Gasteiger partial charge in [0.05, 0.1) is 12.6 Å². The fourth-order valence-corrected chi connectivity index (χ4v) is 2.21. The first kappa shape index (κ1) is 13.3. The molecular weight excluding hydrogens is 254 g/mol. The molecule has 0 bridgehead atoms. The number of cyclic esters (lactones) is 1. The lowest BCUT2D eigenvalue weighted by molar-refractivity contribution is -0.132. The van der Waals surface area contributed by atoms with Gasteiger partial charge < -0.3 is 15.0 Å². The number of hydrogen-bond acceptors (Lipinski definition) is 5. The first-order valence-corrected chi connectivity index (χ1v) is 6.00. The number of nitrogens with one attached hydrogen (secondary N) is 1. The van der Waals surface area contributed by atoms with E-state index in [1.165, 1.54) is 11.8 Å². The maximum atomic E-state index is 11.8. The van der Waals surface area contributed by atoms with Crippen molar-refractivity contribution in [3.8, 4) is 0 Å². The summed E-state index contributed by atoms with van der Waals surface area (Å²) >= 11 is 0. The van der Waals surface area contributed by atoms with E-state index in [-0.39, 0.29) is 36.9 Å². The van der Waals surface area contributed by atoms with E-state index in [4.69, 9.17) is 0 Å². The van der Waals surface area contributed by atoms with Crippen molar-refractivity contribution in [1.29, 1.82) is 0 Å². The molecule has 1 atom stereocenters. The van der Waals surface area contributed by atoms with Gasteiger partial charge in [0, 0.05) is 20.0 Å². The van der Waals surface area contributed by atoms with Crippen LogP contribution in [-0.2, 0) is 19.1 Å². The van der Waals surface area contributed by atoms with Crippen LogP contribution in [0.3, 0.4) is 0 Å². The molecule has 8 heteroatoms. The number of nitrogens with zero attached hydrogens (tertiary/aromatic N) is 2. The third-order valence-electron chi connectivity index (χ3n) is 3.15. The third-order valence-corrected chi connectivity index (χ3v) is 3.15. The highest BCUT2D eigenvalue weighted by molar-refractivity contribution is 5.98. The van der Waals surface area contributed by atoms with Gasteiger partial charge in [-0.25, -0.2) is 9.69 Å². The summed E-state index contributed by atoms with van der Waals surface area (Å²) in [5.41, 5.74) is 0. The van der Waals surface area contributed by atoms with Crippen LogP contribution in [0.4, 0.5) is 4.79 Å². The lowest BCUT2D eigenvalue weighted by atomic mass is 10.2. The zero-order valence-corrected chi connectivity index (χ0v) is 10.5. The SMILES string of the molecule is CC(=O)NCC(=O)N1CCC(N2C(=O)COC2=O)C1. The number of hydrogen-bond donors (Lipinski definition) is 1. The molecule has 19 heavy (non-hydrogen) atoms. The van der Waals surface area contributed by atoms with Gasteiger partial charge in [0.2, 0.25) is 11.8 Å². The Kier molecular flexibility index (Phi) is 3.68. The van der Waals surface area contributed by atoms with Crippen molar-refractivity contribution in [2.75, 3.05) is 26.2 Å². The summed E-state index contributed by atoms with van der Waals surface area (Å²) in [6.45, 7) is 1.79. The molecule has 2 heterocycles. The van der Waals surface area contributed by atoms with Gasteiger partial charge in [-0.2, -0.15) is 0 Å². The zero-order chi connectivity index (χ0) is 14.0. The number of likely N-dealkylation sites (tertiary alicyclic amines) is 1. The summed E-state index contributed by atoms with van der Waals surface area (Å²) in [5, 5.41) is 2.42. The van der Waals surface area contributed by atoms with Crippen LogP contribution >= 0.6 is 0 Å². The Hall–Kier alpha value is -2.12. The standard InChI is InChI=1S/C11H15N3O5/c1-7(15)12-4-9(16)13-3-2-8(5-13)14-10(17)6-19-11(14)18/h8H,2-6H2,1H3,(H,12,15). The molecule has 2 aliphatic rings. The summed E-state index contributed by atoms with van der Waals surface area (Å²) < 4.78 is 4.64. The van der Waals surface area contributed by atoms with E-state index < -0.39 is 6.09 Å². The van der Waals surface area contributed by atoms with Crippen LogP contribution < -0.4 is 5.32 Å². The highest BCUT2D eigenvalue weighted by Gasteiger charge is 2.41. The van der Waals surface area contributed by atoms with E-state index in [1.54, 1.807) is 0 Å². The number of carbonyl (C=O) groups is 4. The molecule has 0 spiro atoms. The van der Waals surface area contributed by atoms with Crippen LogP contribution in [0.2, 0.25) is 0 Å². The topological polar surface area (TPSA) is 96.0 Å². The summed E-state index contributed by atoms with van der Waals surface area (Å²) in [6.07, 6.45) is -0.113. The Morgan fingerprint density at radius 3 is 2.74 bits per heavy atom. The number of imide groups is 1. The molecule has 2 fully saturated rings. The van der Waals surface area contributed by atoms with Crippen molar-refractivity contribution in [3.05, 3.63) is 0 Å². The summed E-state index contributed by atoms with van der Waals surface area (Å²) in [7, 11) is 0. The van der Waals surface area contributed by atoms with Crippen molar-refractivity contribution in [2.45, 2.75) is 19.4 Å². The number of rotatable bonds is 3. The minimum absolute atomic E-state index is 0.0690. The molecule has 0 radical (unpaired) electrons. The maximum Gasteiger partial charge on any atom is 0.417 e.